The molecule has 8 heavy (non-hydrogen) atoms. The van der Waals surface area contributed by atoms with Crippen LogP contribution in [0.25, 0.3) is 0 Å². The second-order valence-electron chi connectivity index (χ2n) is 2.14. The zero-order valence-corrected chi connectivity index (χ0v) is 4.72. The molecule has 1 heterocycles. The molecule has 0 radical (unpaired) electrons. The molecule has 0 unspecified atom stereocenters. The first-order valence-electron chi connectivity index (χ1n) is 2.68. The standard InChI is InChI=1S/C5H9NO2/c1-3-4(2-6-3)5(7)8/h3-4,6H,2H2,1H3,(H,7,8)/t3-,4-/m0/s1. The van der Waals surface area contributed by atoms with Crippen LogP contribution < -0.4 is 5.32 Å². The van der Waals surface area contributed by atoms with Gasteiger partial charge in [0.2, 0.25) is 0 Å². The molecule has 0 spiro atoms. The van der Waals surface area contributed by atoms with E-state index in [1.807, 2.05) is 6.92 Å². The number of nitrogens with one attached hydrogen (secondary N) is 1. The molecule has 1 aliphatic heterocycles. The van der Waals surface area contributed by atoms with Crippen molar-refractivity contribution in [3.8, 4) is 0 Å². The Morgan fingerprint density at radius 1 is 1.88 bits per heavy atom. The predicted molar refractivity (Wildman–Crippen MR) is 28.6 cm³/mol. The van der Waals surface area contributed by atoms with Gasteiger partial charge in [0.15, 0.2) is 0 Å². The monoisotopic (exact) mass is 115 g/mol. The summed E-state index contributed by atoms with van der Waals surface area (Å²) in [5.41, 5.74) is 0. The lowest BCUT2D eigenvalue weighted by atomic mass is 9.94. The van der Waals surface area contributed by atoms with E-state index in [4.69, 9.17) is 5.11 Å². The van der Waals surface area contributed by atoms with E-state index in [0.29, 0.717) is 6.54 Å². The van der Waals surface area contributed by atoms with Crippen LogP contribution in [0.15, 0.2) is 0 Å². The quantitative estimate of drug-likeness (QED) is 0.492. The van der Waals surface area contributed by atoms with Crippen LogP contribution in [-0.4, -0.2) is 23.7 Å². The highest BCUT2D eigenvalue weighted by Crippen LogP contribution is 2.11. The van der Waals surface area contributed by atoms with Crippen LogP contribution in [0.2, 0.25) is 0 Å². The highest BCUT2D eigenvalue weighted by Gasteiger charge is 2.31. The number of carboxylic acid groups (broad SMARTS) is 1. The molecule has 3 nitrogen and oxygen atoms in total. The number of hydrogen-bond acceptors (Lipinski definition) is 2. The molecular formula is C5H9NO2. The molecule has 46 valence electrons. The van der Waals surface area contributed by atoms with Crippen LogP contribution in [0, 0.1) is 5.92 Å². The maximum atomic E-state index is 10.2. The third-order valence-electron chi connectivity index (χ3n) is 1.58. The summed E-state index contributed by atoms with van der Waals surface area (Å²) in [7, 11) is 0. The Labute approximate surface area is 47.7 Å². The highest BCUT2D eigenvalue weighted by atomic mass is 16.4. The van der Waals surface area contributed by atoms with Gasteiger partial charge in [-0.15, -0.1) is 0 Å². The fraction of sp³-hybridized carbons (Fsp3) is 0.800. The Balaban J connectivity index is 2.37. The Morgan fingerprint density at radius 2 is 2.50 bits per heavy atom. The topological polar surface area (TPSA) is 49.3 Å². The second-order valence-corrected chi connectivity index (χ2v) is 2.14. The maximum Gasteiger partial charge on any atom is 0.309 e. The summed E-state index contributed by atoms with van der Waals surface area (Å²) < 4.78 is 0. The van der Waals surface area contributed by atoms with Crippen LogP contribution in [0.4, 0.5) is 0 Å². The number of carbonyl (C=O) groups is 1. The van der Waals surface area contributed by atoms with Crippen molar-refractivity contribution < 1.29 is 9.90 Å². The first kappa shape index (κ1) is 5.56. The van der Waals surface area contributed by atoms with Crippen molar-refractivity contribution in [2.75, 3.05) is 6.54 Å². The fourth-order valence-electron chi connectivity index (χ4n) is 0.773. The number of carboxylic acids is 1. The molecule has 1 saturated heterocycles. The third-order valence-corrected chi connectivity index (χ3v) is 1.58. The van der Waals surface area contributed by atoms with E-state index in [0.717, 1.165) is 0 Å². The number of hydrogen-bond donors (Lipinski definition) is 2. The molecule has 1 aliphatic rings. The molecule has 0 aromatic carbocycles. The molecule has 1 fully saturated rings. The normalized spacial score (nSPS) is 36.1. The summed E-state index contributed by atoms with van der Waals surface area (Å²) in [6.45, 7) is 2.51. The van der Waals surface area contributed by atoms with Crippen molar-refractivity contribution >= 4 is 5.97 Å². The van der Waals surface area contributed by atoms with Gasteiger partial charge in [-0.3, -0.25) is 4.79 Å². The lowest BCUT2D eigenvalue weighted by Crippen LogP contribution is -2.54. The van der Waals surface area contributed by atoms with Gasteiger partial charge in [0.05, 0.1) is 5.92 Å². The van der Waals surface area contributed by atoms with Gasteiger partial charge in [0.1, 0.15) is 0 Å². The molecular weight excluding hydrogens is 106 g/mol. The summed E-state index contributed by atoms with van der Waals surface area (Å²) in [6.07, 6.45) is 0. The van der Waals surface area contributed by atoms with Gasteiger partial charge < -0.3 is 10.4 Å². The van der Waals surface area contributed by atoms with Gasteiger partial charge in [-0.2, -0.15) is 0 Å². The molecule has 2 N–H and O–H groups in total. The molecule has 0 bridgehead atoms. The Bertz CT molecular complexity index is 113. The van der Waals surface area contributed by atoms with E-state index in [1.54, 1.807) is 0 Å². The maximum absolute atomic E-state index is 10.2. The second kappa shape index (κ2) is 1.74. The fourth-order valence-corrected chi connectivity index (χ4v) is 0.773. The average molecular weight is 115 g/mol. The summed E-state index contributed by atoms with van der Waals surface area (Å²) in [5.74, 6) is -0.828. The zero-order chi connectivity index (χ0) is 6.15. The van der Waals surface area contributed by atoms with E-state index in [-0.39, 0.29) is 12.0 Å². The molecule has 0 saturated carbocycles. The van der Waals surface area contributed by atoms with Gasteiger partial charge in [0, 0.05) is 12.6 Å². The minimum atomic E-state index is -0.684. The molecule has 0 aromatic heterocycles. The summed E-state index contributed by atoms with van der Waals surface area (Å²) in [6, 6.07) is 0.174. The SMILES string of the molecule is C[C@@H]1NC[C@@H]1C(=O)O. The molecule has 0 aliphatic carbocycles. The molecule has 2 atom stereocenters. The Morgan fingerprint density at radius 3 is 2.50 bits per heavy atom. The van der Waals surface area contributed by atoms with E-state index in [2.05, 4.69) is 5.32 Å². The largest absolute Gasteiger partial charge is 0.481 e. The summed E-state index contributed by atoms with van der Waals surface area (Å²) in [4.78, 5) is 10.2. The van der Waals surface area contributed by atoms with Crippen molar-refractivity contribution in [3.05, 3.63) is 0 Å². The first-order valence-corrected chi connectivity index (χ1v) is 2.68. The molecule has 0 amide bonds. The van der Waals surface area contributed by atoms with Crippen LogP contribution >= 0.6 is 0 Å². The van der Waals surface area contributed by atoms with Crippen molar-refractivity contribution in [1.82, 2.24) is 5.32 Å². The van der Waals surface area contributed by atoms with Gasteiger partial charge >= 0.3 is 5.97 Å². The van der Waals surface area contributed by atoms with Crippen molar-refractivity contribution in [2.24, 2.45) is 5.92 Å². The average Bonchev–Trinajstić information content (AvgIpc) is 1.61. The number of aliphatic carboxylic acids is 1. The lowest BCUT2D eigenvalue weighted by Gasteiger charge is -2.31. The van der Waals surface area contributed by atoms with E-state index in [1.165, 1.54) is 0 Å². The van der Waals surface area contributed by atoms with Crippen LogP contribution in [0.3, 0.4) is 0 Å². The molecule has 0 aromatic rings. The minimum Gasteiger partial charge on any atom is -0.481 e. The Hall–Kier alpha value is -0.570. The smallest absolute Gasteiger partial charge is 0.309 e. The van der Waals surface area contributed by atoms with E-state index >= 15 is 0 Å². The minimum absolute atomic E-state index is 0.144. The van der Waals surface area contributed by atoms with Gasteiger partial charge in [-0.1, -0.05) is 0 Å². The Kier molecular flexibility index (Phi) is 1.21. The summed E-state index contributed by atoms with van der Waals surface area (Å²) >= 11 is 0. The van der Waals surface area contributed by atoms with Crippen LogP contribution in [0.1, 0.15) is 6.92 Å². The van der Waals surface area contributed by atoms with Crippen LogP contribution in [0.5, 0.6) is 0 Å². The van der Waals surface area contributed by atoms with Crippen molar-refractivity contribution in [3.63, 3.8) is 0 Å². The number of rotatable bonds is 1. The summed E-state index contributed by atoms with van der Waals surface area (Å²) in [5, 5.41) is 11.3. The van der Waals surface area contributed by atoms with Crippen molar-refractivity contribution in [1.29, 1.82) is 0 Å². The van der Waals surface area contributed by atoms with E-state index in [9.17, 15) is 4.79 Å². The third kappa shape index (κ3) is 0.690. The molecule has 1 rings (SSSR count). The lowest BCUT2D eigenvalue weighted by molar-refractivity contribution is -0.145. The van der Waals surface area contributed by atoms with E-state index < -0.39 is 5.97 Å². The first-order chi connectivity index (χ1) is 3.72. The van der Waals surface area contributed by atoms with Gasteiger partial charge in [-0.25, -0.2) is 0 Å². The van der Waals surface area contributed by atoms with Gasteiger partial charge in [-0.05, 0) is 6.92 Å². The molecule has 3 heteroatoms. The highest BCUT2D eigenvalue weighted by molar-refractivity contribution is 5.72. The predicted octanol–water partition coefficient (Wildman–Crippen LogP) is -0.321. The zero-order valence-electron chi connectivity index (χ0n) is 4.72. The van der Waals surface area contributed by atoms with Crippen molar-refractivity contribution in [2.45, 2.75) is 13.0 Å². The van der Waals surface area contributed by atoms with Crippen LogP contribution in [-0.2, 0) is 4.79 Å². The van der Waals surface area contributed by atoms with Gasteiger partial charge in [0.25, 0.3) is 0 Å².